The van der Waals surface area contributed by atoms with Crippen molar-refractivity contribution in [2.24, 2.45) is 7.05 Å². The van der Waals surface area contributed by atoms with Crippen molar-refractivity contribution >= 4 is 11.9 Å². The van der Waals surface area contributed by atoms with E-state index >= 15 is 0 Å². The first-order chi connectivity index (χ1) is 10.1. The zero-order chi connectivity index (χ0) is 16.5. The van der Waals surface area contributed by atoms with E-state index in [2.05, 4.69) is 20.3 Å². The number of carbonyl (C=O) groups excluding carboxylic acids is 1. The van der Waals surface area contributed by atoms with Gasteiger partial charge in [0.25, 0.3) is 0 Å². The van der Waals surface area contributed by atoms with E-state index in [9.17, 15) is 23.1 Å². The van der Waals surface area contributed by atoms with E-state index in [1.807, 2.05) is 0 Å². The highest BCUT2D eigenvalue weighted by atomic mass is 19.4. The van der Waals surface area contributed by atoms with Gasteiger partial charge in [0.2, 0.25) is 17.5 Å². The van der Waals surface area contributed by atoms with E-state index in [0.29, 0.717) is 5.69 Å². The summed E-state index contributed by atoms with van der Waals surface area (Å²) in [6.07, 6.45) is -2.53. The maximum Gasteiger partial charge on any atom is 0.425 e. The van der Waals surface area contributed by atoms with Gasteiger partial charge in [-0.05, 0) is 6.92 Å². The zero-order valence-corrected chi connectivity index (χ0v) is 11.8. The average molecular weight is 317 g/mol. The molecule has 0 aliphatic rings. The Hall–Kier alpha value is -2.36. The second-order valence-electron chi connectivity index (χ2n) is 4.86. The highest BCUT2D eigenvalue weighted by molar-refractivity contribution is 5.89. The molecule has 2 aromatic heterocycles. The molecule has 1 atom stereocenters. The predicted octanol–water partition coefficient (Wildman–Crippen LogP) is 1.23. The Kier molecular flexibility index (Phi) is 3.96. The zero-order valence-electron chi connectivity index (χ0n) is 11.8. The molecular weight excluding hydrogens is 303 g/mol. The van der Waals surface area contributed by atoms with Gasteiger partial charge >= 0.3 is 6.18 Å². The van der Waals surface area contributed by atoms with Gasteiger partial charge in [-0.15, -0.1) is 0 Å². The topological polar surface area (TPSA) is 95.8 Å². The Morgan fingerprint density at radius 2 is 2.14 bits per heavy atom. The monoisotopic (exact) mass is 317 g/mol. The van der Waals surface area contributed by atoms with E-state index in [-0.39, 0.29) is 5.95 Å². The largest absolute Gasteiger partial charge is 0.425 e. The number of nitrogens with one attached hydrogen (secondary N) is 2. The molecule has 1 unspecified atom stereocenters. The minimum absolute atomic E-state index is 0.00636. The fraction of sp³-hybridized carbons (Fsp3) is 0.417. The molecule has 0 bridgehead atoms. The van der Waals surface area contributed by atoms with Crippen LogP contribution in [0.1, 0.15) is 17.9 Å². The smallest absolute Gasteiger partial charge is 0.374 e. The Bertz CT molecular complexity index is 678. The number of imidazole rings is 2. The summed E-state index contributed by atoms with van der Waals surface area (Å²) in [5.74, 6) is -1.70. The fourth-order valence-corrected chi connectivity index (χ4v) is 1.96. The van der Waals surface area contributed by atoms with Crippen LogP contribution < -0.4 is 5.32 Å². The summed E-state index contributed by atoms with van der Waals surface area (Å²) in [5, 5.41) is 12.2. The quantitative estimate of drug-likeness (QED) is 0.790. The first-order valence-corrected chi connectivity index (χ1v) is 6.22. The number of aliphatic hydroxyl groups is 1. The van der Waals surface area contributed by atoms with Gasteiger partial charge in [-0.2, -0.15) is 13.2 Å². The number of carbonyl (C=O) groups is 1. The Labute approximate surface area is 123 Å². The summed E-state index contributed by atoms with van der Waals surface area (Å²) in [6.45, 7) is 1.67. The predicted molar refractivity (Wildman–Crippen MR) is 69.7 cm³/mol. The number of aryl methyl sites for hydroxylation is 2. The summed E-state index contributed by atoms with van der Waals surface area (Å²) in [7, 11) is 1.30. The highest BCUT2D eigenvalue weighted by Gasteiger charge is 2.58. The van der Waals surface area contributed by atoms with E-state index in [4.69, 9.17) is 0 Å². The molecule has 22 heavy (non-hydrogen) atoms. The van der Waals surface area contributed by atoms with Crippen LogP contribution in [0, 0.1) is 6.92 Å². The van der Waals surface area contributed by atoms with Crippen LogP contribution in [0.2, 0.25) is 0 Å². The number of aromatic amines is 1. The second kappa shape index (κ2) is 5.44. The molecule has 2 rings (SSSR count). The molecule has 3 N–H and O–H groups in total. The molecule has 0 aromatic carbocycles. The highest BCUT2D eigenvalue weighted by Crippen LogP contribution is 2.40. The lowest BCUT2D eigenvalue weighted by molar-refractivity contribution is -0.270. The van der Waals surface area contributed by atoms with Crippen molar-refractivity contribution in [2.45, 2.75) is 25.1 Å². The van der Waals surface area contributed by atoms with Crippen LogP contribution in [0.25, 0.3) is 0 Å². The first-order valence-electron chi connectivity index (χ1n) is 6.22. The SMILES string of the molecule is Cc1cnc(NC(=O)CC(O)(c2nccn2C)C(F)(F)F)[nH]1. The molecule has 0 spiro atoms. The fourth-order valence-electron chi connectivity index (χ4n) is 1.96. The Morgan fingerprint density at radius 1 is 1.45 bits per heavy atom. The minimum Gasteiger partial charge on any atom is -0.374 e. The third kappa shape index (κ3) is 2.96. The Morgan fingerprint density at radius 3 is 2.59 bits per heavy atom. The van der Waals surface area contributed by atoms with Gasteiger partial charge in [0.15, 0.2) is 5.82 Å². The number of aromatic nitrogens is 4. The van der Waals surface area contributed by atoms with Crippen LogP contribution in [0.5, 0.6) is 0 Å². The molecule has 1 amide bonds. The van der Waals surface area contributed by atoms with Gasteiger partial charge in [0.1, 0.15) is 0 Å². The van der Waals surface area contributed by atoms with Gasteiger partial charge in [-0.25, -0.2) is 9.97 Å². The molecule has 0 radical (unpaired) electrons. The van der Waals surface area contributed by atoms with Crippen molar-refractivity contribution in [3.05, 3.63) is 30.1 Å². The van der Waals surface area contributed by atoms with Gasteiger partial charge in [-0.3, -0.25) is 10.1 Å². The number of halogens is 3. The minimum atomic E-state index is -5.07. The molecular formula is C12H14F3N5O2. The molecule has 10 heteroatoms. The lowest BCUT2D eigenvalue weighted by Gasteiger charge is -2.29. The van der Waals surface area contributed by atoms with Crippen molar-refractivity contribution < 1.29 is 23.1 Å². The summed E-state index contributed by atoms with van der Waals surface area (Å²) in [4.78, 5) is 21.7. The van der Waals surface area contributed by atoms with Crippen LogP contribution >= 0.6 is 0 Å². The van der Waals surface area contributed by atoms with Crippen molar-refractivity contribution in [3.63, 3.8) is 0 Å². The van der Waals surface area contributed by atoms with Crippen molar-refractivity contribution in [3.8, 4) is 0 Å². The van der Waals surface area contributed by atoms with Gasteiger partial charge in [0.05, 0.1) is 6.42 Å². The number of rotatable bonds is 4. The standard InChI is InChI=1S/C12H14F3N5O2/c1-7-6-17-10(18-7)19-8(21)5-11(22,12(13,14)15)9-16-3-4-20(9)2/h3-4,6,22H,5H2,1-2H3,(H2,17,18,19,21). The number of anilines is 1. The number of hydrogen-bond acceptors (Lipinski definition) is 4. The molecule has 0 aliphatic carbocycles. The third-order valence-electron chi connectivity index (χ3n) is 3.04. The van der Waals surface area contributed by atoms with Gasteiger partial charge in [0, 0.05) is 31.3 Å². The maximum absolute atomic E-state index is 13.2. The van der Waals surface area contributed by atoms with Crippen LogP contribution in [0.15, 0.2) is 18.6 Å². The molecule has 0 aliphatic heterocycles. The van der Waals surface area contributed by atoms with Gasteiger partial charge in [-0.1, -0.05) is 0 Å². The summed E-state index contributed by atoms with van der Waals surface area (Å²) in [5.41, 5.74) is -2.76. The van der Waals surface area contributed by atoms with E-state index in [1.165, 1.54) is 19.4 Å². The molecule has 0 saturated heterocycles. The second-order valence-corrected chi connectivity index (χ2v) is 4.86. The average Bonchev–Trinajstić information content (AvgIpc) is 2.96. The van der Waals surface area contributed by atoms with E-state index in [1.54, 1.807) is 6.92 Å². The molecule has 2 heterocycles. The van der Waals surface area contributed by atoms with Crippen LogP contribution in [-0.2, 0) is 17.4 Å². The third-order valence-corrected chi connectivity index (χ3v) is 3.04. The van der Waals surface area contributed by atoms with Crippen LogP contribution in [-0.4, -0.2) is 36.7 Å². The normalized spacial score (nSPS) is 14.6. The molecule has 7 nitrogen and oxygen atoms in total. The van der Waals surface area contributed by atoms with Gasteiger partial charge < -0.3 is 14.7 Å². The van der Waals surface area contributed by atoms with Crippen molar-refractivity contribution in [2.75, 3.05) is 5.32 Å². The molecule has 0 saturated carbocycles. The van der Waals surface area contributed by atoms with Crippen LogP contribution in [0.3, 0.4) is 0 Å². The van der Waals surface area contributed by atoms with Crippen molar-refractivity contribution in [1.29, 1.82) is 0 Å². The van der Waals surface area contributed by atoms with E-state index in [0.717, 1.165) is 10.8 Å². The van der Waals surface area contributed by atoms with Crippen molar-refractivity contribution in [1.82, 2.24) is 19.5 Å². The molecule has 120 valence electrons. The first kappa shape index (κ1) is 16.0. The number of alkyl halides is 3. The summed E-state index contributed by atoms with van der Waals surface area (Å²) < 4.78 is 40.7. The molecule has 2 aromatic rings. The Balaban J connectivity index is 2.24. The summed E-state index contributed by atoms with van der Waals surface area (Å²) >= 11 is 0. The van der Waals surface area contributed by atoms with E-state index < -0.39 is 29.9 Å². The maximum atomic E-state index is 13.2. The lowest BCUT2D eigenvalue weighted by atomic mass is 9.97. The number of amides is 1. The molecule has 0 fully saturated rings. The van der Waals surface area contributed by atoms with Crippen LogP contribution in [0.4, 0.5) is 19.1 Å². The number of hydrogen-bond donors (Lipinski definition) is 3. The number of H-pyrrole nitrogens is 1. The number of nitrogens with zero attached hydrogens (tertiary/aromatic N) is 3. The summed E-state index contributed by atoms with van der Waals surface area (Å²) in [6, 6.07) is 0. The lowest BCUT2D eigenvalue weighted by Crippen LogP contribution is -2.46.